The lowest BCUT2D eigenvalue weighted by atomic mass is 10.1. The van der Waals surface area contributed by atoms with Gasteiger partial charge in [0, 0.05) is 19.0 Å². The van der Waals surface area contributed by atoms with Crippen LogP contribution in [-0.2, 0) is 9.59 Å². The van der Waals surface area contributed by atoms with E-state index in [0.717, 1.165) is 12.8 Å². The van der Waals surface area contributed by atoms with E-state index in [1.165, 1.54) is 6.26 Å². The van der Waals surface area contributed by atoms with Crippen molar-refractivity contribution in [1.29, 1.82) is 0 Å². The number of amides is 2. The van der Waals surface area contributed by atoms with Crippen LogP contribution in [0.25, 0.3) is 0 Å². The molecule has 0 bridgehead atoms. The maximum atomic E-state index is 12.0. The predicted octanol–water partition coefficient (Wildman–Crippen LogP) is 2.29. The van der Waals surface area contributed by atoms with Gasteiger partial charge in [-0.25, -0.2) is 0 Å². The molecule has 0 aliphatic heterocycles. The van der Waals surface area contributed by atoms with Crippen LogP contribution in [0.1, 0.15) is 40.0 Å². The smallest absolute Gasteiger partial charge is 0.245 e. The molecule has 0 spiro atoms. The molecule has 1 N–H and O–H groups in total. The molecular weight excluding hydrogens is 258 g/mol. The highest BCUT2D eigenvalue weighted by molar-refractivity contribution is 5.93. The Bertz CT molecular complexity index is 415. The Kier molecular flexibility index (Phi) is 6.76. The van der Waals surface area contributed by atoms with Crippen LogP contribution < -0.4 is 5.32 Å². The lowest BCUT2D eigenvalue weighted by Gasteiger charge is -2.22. The molecular formula is C14H23N3O3. The van der Waals surface area contributed by atoms with E-state index in [0.29, 0.717) is 24.7 Å². The number of carbonyl (C=O) groups excluding carboxylic acids is 2. The van der Waals surface area contributed by atoms with Gasteiger partial charge in [0.1, 0.15) is 6.26 Å². The molecule has 2 amide bonds. The Morgan fingerprint density at radius 3 is 2.75 bits per heavy atom. The monoisotopic (exact) mass is 281 g/mol. The molecule has 6 nitrogen and oxygen atoms in total. The van der Waals surface area contributed by atoms with Gasteiger partial charge in [0.25, 0.3) is 0 Å². The average Bonchev–Trinajstić information content (AvgIpc) is 2.87. The summed E-state index contributed by atoms with van der Waals surface area (Å²) in [5, 5.41) is 6.21. The number of nitrogens with one attached hydrogen (secondary N) is 1. The van der Waals surface area contributed by atoms with Crippen molar-refractivity contribution in [2.45, 2.75) is 40.0 Å². The van der Waals surface area contributed by atoms with Crippen LogP contribution >= 0.6 is 0 Å². The summed E-state index contributed by atoms with van der Waals surface area (Å²) in [6, 6.07) is 1.56. The molecule has 0 unspecified atom stereocenters. The third kappa shape index (κ3) is 5.86. The summed E-state index contributed by atoms with van der Waals surface area (Å²) in [6.07, 6.45) is 3.51. The Balaban J connectivity index is 2.53. The first-order chi connectivity index (χ1) is 9.52. The molecule has 0 saturated heterocycles. The zero-order valence-electron chi connectivity index (χ0n) is 12.4. The van der Waals surface area contributed by atoms with E-state index in [1.807, 2.05) is 6.92 Å². The number of hydrogen-bond donors (Lipinski definition) is 1. The summed E-state index contributed by atoms with van der Waals surface area (Å²) in [5.41, 5.74) is 0. The topological polar surface area (TPSA) is 75.4 Å². The van der Waals surface area contributed by atoms with Crippen LogP contribution in [0.2, 0.25) is 0 Å². The van der Waals surface area contributed by atoms with Crippen molar-refractivity contribution >= 4 is 17.6 Å². The van der Waals surface area contributed by atoms with Crippen molar-refractivity contribution in [2.24, 2.45) is 5.92 Å². The second-order valence-corrected chi connectivity index (χ2v) is 5.18. The fourth-order valence-corrected chi connectivity index (χ4v) is 1.71. The highest BCUT2D eigenvalue weighted by Gasteiger charge is 2.17. The number of nitrogens with zero attached hydrogens (tertiary/aromatic N) is 2. The SMILES string of the molecule is CCCC(=O)N(CCC(C)C)CC(=O)Nc1ccon1. The second kappa shape index (κ2) is 8.35. The number of carbonyl (C=O) groups is 2. The van der Waals surface area contributed by atoms with Gasteiger partial charge in [0.05, 0.1) is 6.54 Å². The maximum absolute atomic E-state index is 12.0. The first-order valence-electron chi connectivity index (χ1n) is 7.01. The molecule has 0 atom stereocenters. The quantitative estimate of drug-likeness (QED) is 0.793. The molecule has 0 saturated carbocycles. The molecule has 0 aliphatic rings. The van der Waals surface area contributed by atoms with Gasteiger partial charge in [-0.1, -0.05) is 25.9 Å². The van der Waals surface area contributed by atoms with E-state index < -0.39 is 0 Å². The summed E-state index contributed by atoms with van der Waals surface area (Å²) < 4.78 is 4.64. The van der Waals surface area contributed by atoms with Crippen LogP contribution in [0, 0.1) is 5.92 Å². The van der Waals surface area contributed by atoms with E-state index in [4.69, 9.17) is 0 Å². The summed E-state index contributed by atoms with van der Waals surface area (Å²) in [6.45, 7) is 6.80. The zero-order valence-corrected chi connectivity index (χ0v) is 12.4. The van der Waals surface area contributed by atoms with E-state index in [1.54, 1.807) is 11.0 Å². The molecule has 0 fully saturated rings. The Hall–Kier alpha value is -1.85. The summed E-state index contributed by atoms with van der Waals surface area (Å²) >= 11 is 0. The van der Waals surface area contributed by atoms with E-state index >= 15 is 0 Å². The van der Waals surface area contributed by atoms with Gasteiger partial charge in [-0.2, -0.15) is 0 Å². The van der Waals surface area contributed by atoms with Crippen LogP contribution in [0.15, 0.2) is 16.9 Å². The average molecular weight is 281 g/mol. The van der Waals surface area contributed by atoms with Gasteiger partial charge in [0.2, 0.25) is 11.8 Å². The minimum atomic E-state index is -0.257. The Morgan fingerprint density at radius 2 is 2.20 bits per heavy atom. The predicted molar refractivity (Wildman–Crippen MR) is 76.1 cm³/mol. The molecule has 1 aromatic heterocycles. The lowest BCUT2D eigenvalue weighted by Crippen LogP contribution is -2.39. The molecule has 6 heteroatoms. The van der Waals surface area contributed by atoms with E-state index in [9.17, 15) is 9.59 Å². The zero-order chi connectivity index (χ0) is 15.0. The molecule has 1 aromatic rings. The van der Waals surface area contributed by atoms with Gasteiger partial charge >= 0.3 is 0 Å². The van der Waals surface area contributed by atoms with Gasteiger partial charge in [-0.05, 0) is 18.8 Å². The largest absolute Gasteiger partial charge is 0.363 e. The van der Waals surface area contributed by atoms with Gasteiger partial charge in [-0.15, -0.1) is 0 Å². The van der Waals surface area contributed by atoms with Crippen LogP contribution in [-0.4, -0.2) is 35.0 Å². The Morgan fingerprint density at radius 1 is 1.45 bits per heavy atom. The van der Waals surface area contributed by atoms with Gasteiger partial charge in [-0.3, -0.25) is 9.59 Å². The van der Waals surface area contributed by atoms with Crippen LogP contribution in [0.3, 0.4) is 0 Å². The fourth-order valence-electron chi connectivity index (χ4n) is 1.71. The standard InChI is InChI=1S/C14H23N3O3/c1-4-5-14(19)17(8-6-11(2)3)10-13(18)15-12-7-9-20-16-12/h7,9,11H,4-6,8,10H2,1-3H3,(H,15,16,18). The van der Waals surface area contributed by atoms with Crippen LogP contribution in [0.5, 0.6) is 0 Å². The Labute approximate surface area is 119 Å². The number of rotatable bonds is 8. The first kappa shape index (κ1) is 16.2. The summed E-state index contributed by atoms with van der Waals surface area (Å²) in [4.78, 5) is 25.5. The molecule has 112 valence electrons. The number of hydrogen-bond acceptors (Lipinski definition) is 4. The van der Waals surface area contributed by atoms with Crippen molar-refractivity contribution in [2.75, 3.05) is 18.4 Å². The third-order valence-electron chi connectivity index (χ3n) is 2.83. The normalized spacial score (nSPS) is 10.6. The molecule has 1 rings (SSSR count). The number of aromatic nitrogens is 1. The third-order valence-corrected chi connectivity index (χ3v) is 2.83. The highest BCUT2D eigenvalue weighted by atomic mass is 16.5. The maximum Gasteiger partial charge on any atom is 0.245 e. The van der Waals surface area contributed by atoms with Crippen LogP contribution in [0.4, 0.5) is 5.82 Å². The summed E-state index contributed by atoms with van der Waals surface area (Å²) in [5.74, 6) is 0.614. The first-order valence-corrected chi connectivity index (χ1v) is 7.01. The summed E-state index contributed by atoms with van der Waals surface area (Å²) in [7, 11) is 0. The van der Waals surface area contributed by atoms with E-state index in [-0.39, 0.29) is 18.4 Å². The van der Waals surface area contributed by atoms with Crippen molar-refractivity contribution in [3.63, 3.8) is 0 Å². The fraction of sp³-hybridized carbons (Fsp3) is 0.643. The minimum Gasteiger partial charge on any atom is -0.363 e. The molecule has 1 heterocycles. The van der Waals surface area contributed by atoms with Gasteiger partial charge in [0.15, 0.2) is 5.82 Å². The van der Waals surface area contributed by atoms with E-state index in [2.05, 4.69) is 28.8 Å². The molecule has 0 radical (unpaired) electrons. The minimum absolute atomic E-state index is 0.0171. The molecule has 0 aliphatic carbocycles. The van der Waals surface area contributed by atoms with Crippen molar-refractivity contribution in [3.05, 3.63) is 12.3 Å². The van der Waals surface area contributed by atoms with Crippen molar-refractivity contribution < 1.29 is 14.1 Å². The van der Waals surface area contributed by atoms with Gasteiger partial charge < -0.3 is 14.7 Å². The van der Waals surface area contributed by atoms with Crippen molar-refractivity contribution in [1.82, 2.24) is 10.1 Å². The lowest BCUT2D eigenvalue weighted by molar-refractivity contribution is -0.134. The number of anilines is 1. The van der Waals surface area contributed by atoms with Crippen molar-refractivity contribution in [3.8, 4) is 0 Å². The highest BCUT2D eigenvalue weighted by Crippen LogP contribution is 2.06. The molecule has 20 heavy (non-hydrogen) atoms. The second-order valence-electron chi connectivity index (χ2n) is 5.18. The molecule has 0 aromatic carbocycles.